The lowest BCUT2D eigenvalue weighted by atomic mass is 9.94. The molecule has 0 saturated carbocycles. The minimum absolute atomic E-state index is 0.611. The number of hydrogen-bond acceptors (Lipinski definition) is 3. The summed E-state index contributed by atoms with van der Waals surface area (Å²) in [6.07, 6.45) is 2.59. The second kappa shape index (κ2) is 4.81. The Hall–Kier alpha value is -1.22. The van der Waals surface area contributed by atoms with Gasteiger partial charge in [-0.05, 0) is 49.9 Å². The first-order valence-electron chi connectivity index (χ1n) is 6.90. The third-order valence-electron chi connectivity index (χ3n) is 4.33. The van der Waals surface area contributed by atoms with Crippen LogP contribution in [0.5, 0.6) is 5.75 Å². The molecule has 3 unspecified atom stereocenters. The maximum Gasteiger partial charge on any atom is 0.141 e. The van der Waals surface area contributed by atoms with Gasteiger partial charge in [0, 0.05) is 19.1 Å². The van der Waals surface area contributed by atoms with Crippen LogP contribution in [0.4, 0.5) is 5.69 Å². The van der Waals surface area contributed by atoms with Gasteiger partial charge in [-0.3, -0.25) is 0 Å². The van der Waals surface area contributed by atoms with Crippen LogP contribution in [-0.2, 0) is 0 Å². The van der Waals surface area contributed by atoms with Crippen molar-refractivity contribution in [1.82, 2.24) is 4.90 Å². The van der Waals surface area contributed by atoms with E-state index in [4.69, 9.17) is 4.74 Å². The third kappa shape index (κ3) is 2.19. The Morgan fingerprint density at radius 1 is 1.28 bits per heavy atom. The molecule has 0 amide bonds. The molecule has 2 aliphatic heterocycles. The molecule has 1 aromatic carbocycles. The van der Waals surface area contributed by atoms with Crippen molar-refractivity contribution in [3.05, 3.63) is 23.8 Å². The number of fused-ring (bicyclic) bond motifs is 2. The molecule has 0 spiro atoms. The van der Waals surface area contributed by atoms with Crippen LogP contribution in [0.3, 0.4) is 0 Å². The van der Waals surface area contributed by atoms with Crippen LogP contribution in [-0.4, -0.2) is 37.7 Å². The van der Waals surface area contributed by atoms with E-state index in [2.05, 4.69) is 35.3 Å². The van der Waals surface area contributed by atoms with E-state index in [0.29, 0.717) is 6.04 Å². The summed E-state index contributed by atoms with van der Waals surface area (Å²) in [5.74, 6) is 1.77. The molecule has 0 aliphatic carbocycles. The lowest BCUT2D eigenvalue weighted by Crippen LogP contribution is -2.39. The van der Waals surface area contributed by atoms with Crippen LogP contribution in [0.25, 0.3) is 0 Å². The Morgan fingerprint density at radius 3 is 2.94 bits per heavy atom. The van der Waals surface area contributed by atoms with Gasteiger partial charge in [0.15, 0.2) is 0 Å². The van der Waals surface area contributed by atoms with Gasteiger partial charge in [0.25, 0.3) is 0 Å². The molecule has 0 radical (unpaired) electrons. The zero-order chi connectivity index (χ0) is 12.5. The van der Waals surface area contributed by atoms with Crippen molar-refractivity contribution in [2.45, 2.75) is 25.8 Å². The number of rotatable bonds is 3. The van der Waals surface area contributed by atoms with Crippen molar-refractivity contribution in [3.8, 4) is 5.75 Å². The van der Waals surface area contributed by atoms with Gasteiger partial charge >= 0.3 is 0 Å². The molecule has 2 heterocycles. The van der Waals surface area contributed by atoms with Crippen molar-refractivity contribution < 1.29 is 4.74 Å². The summed E-state index contributed by atoms with van der Waals surface area (Å²) in [7, 11) is 1.74. The first kappa shape index (κ1) is 11.8. The lowest BCUT2D eigenvalue weighted by Gasteiger charge is -2.32. The highest BCUT2D eigenvalue weighted by molar-refractivity contribution is 5.58. The second-order valence-electron chi connectivity index (χ2n) is 5.59. The van der Waals surface area contributed by atoms with E-state index in [1.807, 2.05) is 0 Å². The number of methoxy groups -OCH3 is 1. The Balaban J connectivity index is 1.77. The molecular formula is C15H22N2O. The number of aryl methyl sites for hydroxylation is 1. The summed E-state index contributed by atoms with van der Waals surface area (Å²) in [6.45, 7) is 5.92. The summed E-state index contributed by atoms with van der Waals surface area (Å²) < 4.78 is 5.45. The molecule has 3 rings (SSSR count). The van der Waals surface area contributed by atoms with E-state index in [9.17, 15) is 0 Å². The molecule has 1 N–H and O–H groups in total. The summed E-state index contributed by atoms with van der Waals surface area (Å²) in [4.78, 5) is 2.58. The van der Waals surface area contributed by atoms with Gasteiger partial charge in [-0.1, -0.05) is 6.07 Å². The van der Waals surface area contributed by atoms with Crippen LogP contribution in [0.1, 0.15) is 18.4 Å². The first-order valence-corrected chi connectivity index (χ1v) is 6.90. The van der Waals surface area contributed by atoms with Crippen molar-refractivity contribution in [3.63, 3.8) is 0 Å². The van der Waals surface area contributed by atoms with Crippen molar-refractivity contribution in [2.75, 3.05) is 32.1 Å². The molecule has 3 atom stereocenters. The molecule has 3 heteroatoms. The summed E-state index contributed by atoms with van der Waals surface area (Å²) in [5, 5.41) is 3.72. The molecule has 0 aromatic heterocycles. The predicted octanol–water partition coefficient (Wildman–Crippen LogP) is 2.51. The lowest BCUT2D eigenvalue weighted by molar-refractivity contribution is 0.254. The van der Waals surface area contributed by atoms with Crippen LogP contribution < -0.4 is 10.1 Å². The highest BCUT2D eigenvalue weighted by Crippen LogP contribution is 2.32. The quantitative estimate of drug-likeness (QED) is 0.887. The minimum atomic E-state index is 0.611. The van der Waals surface area contributed by atoms with Crippen molar-refractivity contribution in [1.29, 1.82) is 0 Å². The SMILES string of the molecule is COc1ccc(C)cc1NC1CCN2CCC1C2. The second-order valence-corrected chi connectivity index (χ2v) is 5.59. The molecule has 2 aliphatic rings. The number of piperidine rings is 1. The normalized spacial score (nSPS) is 30.2. The molecule has 2 bridgehead atoms. The summed E-state index contributed by atoms with van der Waals surface area (Å²) >= 11 is 0. The number of hydrogen-bond donors (Lipinski definition) is 1. The van der Waals surface area contributed by atoms with Gasteiger partial charge in [-0.15, -0.1) is 0 Å². The molecule has 2 saturated heterocycles. The smallest absolute Gasteiger partial charge is 0.141 e. The van der Waals surface area contributed by atoms with Gasteiger partial charge in [-0.2, -0.15) is 0 Å². The highest BCUT2D eigenvalue weighted by Gasteiger charge is 2.34. The van der Waals surface area contributed by atoms with Crippen molar-refractivity contribution >= 4 is 5.69 Å². The van der Waals surface area contributed by atoms with Crippen LogP contribution in [0, 0.1) is 12.8 Å². The van der Waals surface area contributed by atoms with Crippen LogP contribution in [0.15, 0.2) is 18.2 Å². The fourth-order valence-electron chi connectivity index (χ4n) is 3.28. The summed E-state index contributed by atoms with van der Waals surface area (Å²) in [6, 6.07) is 6.96. The topological polar surface area (TPSA) is 24.5 Å². The minimum Gasteiger partial charge on any atom is -0.495 e. The molecule has 98 valence electrons. The Bertz CT molecular complexity index is 433. The van der Waals surface area contributed by atoms with Gasteiger partial charge in [0.05, 0.1) is 12.8 Å². The molecule has 2 fully saturated rings. The average molecular weight is 246 g/mol. The van der Waals surface area contributed by atoms with E-state index in [1.165, 1.54) is 38.0 Å². The molecule has 18 heavy (non-hydrogen) atoms. The van der Waals surface area contributed by atoms with Crippen LogP contribution in [0.2, 0.25) is 0 Å². The largest absolute Gasteiger partial charge is 0.495 e. The average Bonchev–Trinajstić information content (AvgIpc) is 2.76. The van der Waals surface area contributed by atoms with Gasteiger partial charge in [-0.25, -0.2) is 0 Å². The van der Waals surface area contributed by atoms with Gasteiger partial charge < -0.3 is 15.0 Å². The number of nitrogens with zero attached hydrogens (tertiary/aromatic N) is 1. The van der Waals surface area contributed by atoms with Gasteiger partial charge in [0.1, 0.15) is 5.75 Å². The zero-order valence-electron chi connectivity index (χ0n) is 11.3. The van der Waals surface area contributed by atoms with Crippen molar-refractivity contribution in [2.24, 2.45) is 5.92 Å². The van der Waals surface area contributed by atoms with E-state index >= 15 is 0 Å². The van der Waals surface area contributed by atoms with Crippen LogP contribution >= 0.6 is 0 Å². The van der Waals surface area contributed by atoms with E-state index < -0.39 is 0 Å². The van der Waals surface area contributed by atoms with Gasteiger partial charge in [0.2, 0.25) is 0 Å². The van der Waals surface area contributed by atoms with E-state index in [1.54, 1.807) is 7.11 Å². The van der Waals surface area contributed by atoms with E-state index in [-0.39, 0.29) is 0 Å². The first-order chi connectivity index (χ1) is 8.76. The zero-order valence-corrected chi connectivity index (χ0v) is 11.3. The summed E-state index contributed by atoms with van der Waals surface area (Å²) in [5.41, 5.74) is 2.44. The number of benzene rings is 1. The maximum absolute atomic E-state index is 5.45. The Morgan fingerprint density at radius 2 is 2.11 bits per heavy atom. The standard InChI is InChI=1S/C15H22N2O/c1-11-3-4-15(18-2)14(9-11)16-13-6-8-17-7-5-12(13)10-17/h3-4,9,12-13,16H,5-8,10H2,1-2H3. The molecule has 3 nitrogen and oxygen atoms in total. The number of anilines is 1. The molecular weight excluding hydrogens is 224 g/mol. The number of nitrogens with one attached hydrogen (secondary N) is 1. The predicted molar refractivity (Wildman–Crippen MR) is 74.3 cm³/mol. The van der Waals surface area contributed by atoms with E-state index in [0.717, 1.165) is 17.4 Å². The molecule has 1 aromatic rings. The third-order valence-corrected chi connectivity index (χ3v) is 4.33. The fourth-order valence-corrected chi connectivity index (χ4v) is 3.28. The highest BCUT2D eigenvalue weighted by atomic mass is 16.5. The maximum atomic E-state index is 5.45. The monoisotopic (exact) mass is 246 g/mol. The Labute approximate surface area is 109 Å². The number of ether oxygens (including phenoxy) is 1. The fraction of sp³-hybridized carbons (Fsp3) is 0.600. The Kier molecular flexibility index (Phi) is 3.16.